The number of fused-ring (bicyclic) bond motifs is 1. The van der Waals surface area contributed by atoms with Crippen LogP contribution in [0.15, 0.2) is 17.3 Å². The van der Waals surface area contributed by atoms with Gasteiger partial charge in [0.2, 0.25) is 0 Å². The fourth-order valence-corrected chi connectivity index (χ4v) is 3.11. The Kier molecular flexibility index (Phi) is 4.82. The van der Waals surface area contributed by atoms with Crippen molar-refractivity contribution in [1.82, 2.24) is 9.55 Å². The van der Waals surface area contributed by atoms with Gasteiger partial charge in [0.25, 0.3) is 0 Å². The lowest BCUT2D eigenvalue weighted by molar-refractivity contribution is -0.133. The molecule has 0 bridgehead atoms. The van der Waals surface area contributed by atoms with Crippen molar-refractivity contribution in [3.63, 3.8) is 0 Å². The Morgan fingerprint density at radius 1 is 1.48 bits per heavy atom. The van der Waals surface area contributed by atoms with Gasteiger partial charge in [-0.1, -0.05) is 25.1 Å². The zero-order valence-corrected chi connectivity index (χ0v) is 12.6. The highest BCUT2D eigenvalue weighted by atomic mass is 32.2. The van der Waals surface area contributed by atoms with Gasteiger partial charge in [-0.15, -0.1) is 0 Å². The van der Waals surface area contributed by atoms with Crippen LogP contribution in [0.25, 0.3) is 11.0 Å². The third-order valence-corrected chi connectivity index (χ3v) is 4.12. The van der Waals surface area contributed by atoms with Gasteiger partial charge in [0, 0.05) is 6.04 Å². The molecule has 1 unspecified atom stereocenters. The van der Waals surface area contributed by atoms with Crippen molar-refractivity contribution in [2.24, 2.45) is 0 Å². The molecular weight excluding hydrogens is 298 g/mol. The third-order valence-electron chi connectivity index (χ3n) is 3.18. The zero-order valence-electron chi connectivity index (χ0n) is 11.8. The first-order valence-corrected chi connectivity index (χ1v) is 7.64. The van der Waals surface area contributed by atoms with Crippen molar-refractivity contribution in [2.75, 3.05) is 5.75 Å². The number of carboxylic acids is 1. The van der Waals surface area contributed by atoms with Gasteiger partial charge in [-0.2, -0.15) is 0 Å². The molecule has 1 atom stereocenters. The van der Waals surface area contributed by atoms with E-state index in [0.29, 0.717) is 10.7 Å². The number of thioether (sulfide) groups is 1. The minimum atomic E-state index is -0.978. The van der Waals surface area contributed by atoms with E-state index < -0.39 is 17.6 Å². The molecule has 0 aliphatic rings. The van der Waals surface area contributed by atoms with Crippen LogP contribution in [-0.4, -0.2) is 26.4 Å². The number of aliphatic carboxylic acids is 1. The van der Waals surface area contributed by atoms with Crippen molar-refractivity contribution in [1.29, 1.82) is 0 Å². The van der Waals surface area contributed by atoms with Gasteiger partial charge in [0.1, 0.15) is 5.52 Å². The maximum atomic E-state index is 14.1. The number of halogens is 2. The van der Waals surface area contributed by atoms with Crippen LogP contribution < -0.4 is 0 Å². The summed E-state index contributed by atoms with van der Waals surface area (Å²) in [6.07, 6.45) is 1.64. The monoisotopic (exact) mass is 314 g/mol. The molecule has 2 rings (SSSR count). The maximum absolute atomic E-state index is 14.1. The highest BCUT2D eigenvalue weighted by Crippen LogP contribution is 2.31. The fourth-order valence-electron chi connectivity index (χ4n) is 2.29. The van der Waals surface area contributed by atoms with E-state index >= 15 is 0 Å². The standard InChI is InChI=1S/C14H16F2N2O2S/c1-3-4-8(2)18-13-10(6-5-9(15)12(13)16)17-14(18)21-7-11(19)20/h5-6,8H,3-4,7H2,1-2H3,(H,19,20). The van der Waals surface area contributed by atoms with Crippen LogP contribution in [0.4, 0.5) is 8.78 Å². The molecule has 0 spiro atoms. The summed E-state index contributed by atoms with van der Waals surface area (Å²) < 4.78 is 29.2. The molecule has 1 heterocycles. The molecule has 1 aromatic heterocycles. The van der Waals surface area contributed by atoms with Crippen LogP contribution in [0.2, 0.25) is 0 Å². The summed E-state index contributed by atoms with van der Waals surface area (Å²) in [5, 5.41) is 9.19. The molecule has 0 radical (unpaired) electrons. The third kappa shape index (κ3) is 3.18. The van der Waals surface area contributed by atoms with Crippen LogP contribution in [-0.2, 0) is 4.79 Å². The number of rotatable bonds is 6. The average molecular weight is 314 g/mol. The second-order valence-electron chi connectivity index (χ2n) is 4.81. The van der Waals surface area contributed by atoms with E-state index in [1.807, 2.05) is 13.8 Å². The molecule has 0 saturated carbocycles. The number of carbonyl (C=O) groups is 1. The van der Waals surface area contributed by atoms with Crippen LogP contribution in [0, 0.1) is 11.6 Å². The first-order chi connectivity index (χ1) is 9.95. The zero-order chi connectivity index (χ0) is 15.6. The molecule has 4 nitrogen and oxygen atoms in total. The number of aromatic nitrogens is 2. The quantitative estimate of drug-likeness (QED) is 0.823. The fraction of sp³-hybridized carbons (Fsp3) is 0.429. The Bertz CT molecular complexity index is 673. The first kappa shape index (κ1) is 15.8. The van der Waals surface area contributed by atoms with Crippen LogP contribution in [0.5, 0.6) is 0 Å². The number of hydrogen-bond acceptors (Lipinski definition) is 3. The summed E-state index contributed by atoms with van der Waals surface area (Å²) in [5.74, 6) is -3.02. The van der Waals surface area contributed by atoms with E-state index in [1.54, 1.807) is 4.57 Å². The predicted molar refractivity (Wildman–Crippen MR) is 77.6 cm³/mol. The molecule has 0 aliphatic heterocycles. The van der Waals surface area contributed by atoms with Gasteiger partial charge in [-0.05, 0) is 25.5 Å². The lowest BCUT2D eigenvalue weighted by Crippen LogP contribution is -2.09. The highest BCUT2D eigenvalue weighted by molar-refractivity contribution is 7.99. The number of carboxylic acid groups (broad SMARTS) is 1. The minimum absolute atomic E-state index is 0.0902. The number of nitrogens with zero attached hydrogens (tertiary/aromatic N) is 2. The number of benzene rings is 1. The minimum Gasteiger partial charge on any atom is -0.481 e. The Morgan fingerprint density at radius 2 is 2.19 bits per heavy atom. The van der Waals surface area contributed by atoms with E-state index in [4.69, 9.17) is 5.11 Å². The van der Waals surface area contributed by atoms with Gasteiger partial charge in [0.15, 0.2) is 16.8 Å². The molecule has 0 aliphatic carbocycles. The van der Waals surface area contributed by atoms with Crippen molar-refractivity contribution >= 4 is 28.8 Å². The highest BCUT2D eigenvalue weighted by Gasteiger charge is 2.21. The van der Waals surface area contributed by atoms with E-state index in [2.05, 4.69) is 4.98 Å². The maximum Gasteiger partial charge on any atom is 0.313 e. The van der Waals surface area contributed by atoms with E-state index in [0.717, 1.165) is 30.7 Å². The van der Waals surface area contributed by atoms with Gasteiger partial charge in [-0.3, -0.25) is 4.79 Å². The van der Waals surface area contributed by atoms with Crippen LogP contribution in [0.3, 0.4) is 0 Å². The second-order valence-corrected chi connectivity index (χ2v) is 5.76. The van der Waals surface area contributed by atoms with Crippen LogP contribution in [0.1, 0.15) is 32.7 Å². The number of hydrogen-bond donors (Lipinski definition) is 1. The molecule has 1 N–H and O–H groups in total. The molecule has 21 heavy (non-hydrogen) atoms. The Hall–Kier alpha value is -1.63. The topological polar surface area (TPSA) is 55.1 Å². The van der Waals surface area contributed by atoms with Gasteiger partial charge in [-0.25, -0.2) is 13.8 Å². The molecular formula is C14H16F2N2O2S. The lowest BCUT2D eigenvalue weighted by Gasteiger charge is -2.16. The lowest BCUT2D eigenvalue weighted by atomic mass is 10.2. The molecule has 1 aromatic carbocycles. The summed E-state index contributed by atoms with van der Waals surface area (Å²) in [7, 11) is 0. The van der Waals surface area contributed by atoms with Gasteiger partial charge < -0.3 is 9.67 Å². The first-order valence-electron chi connectivity index (χ1n) is 6.66. The van der Waals surface area contributed by atoms with E-state index in [9.17, 15) is 13.6 Å². The molecule has 0 fully saturated rings. The van der Waals surface area contributed by atoms with Crippen molar-refractivity contribution in [2.45, 2.75) is 37.9 Å². The van der Waals surface area contributed by atoms with Gasteiger partial charge >= 0.3 is 5.97 Å². The predicted octanol–water partition coefficient (Wildman–Crippen LogP) is 3.85. The molecule has 2 aromatic rings. The SMILES string of the molecule is CCCC(C)n1c(SCC(=O)O)nc2ccc(F)c(F)c21. The summed E-state index contributed by atoms with van der Waals surface area (Å²) in [4.78, 5) is 15.0. The van der Waals surface area contributed by atoms with E-state index in [-0.39, 0.29) is 17.3 Å². The van der Waals surface area contributed by atoms with Crippen molar-refractivity contribution < 1.29 is 18.7 Å². The van der Waals surface area contributed by atoms with Crippen molar-refractivity contribution in [3.8, 4) is 0 Å². The molecule has 114 valence electrons. The summed E-state index contributed by atoms with van der Waals surface area (Å²) >= 11 is 1.01. The van der Waals surface area contributed by atoms with Gasteiger partial charge in [0.05, 0.1) is 11.3 Å². The largest absolute Gasteiger partial charge is 0.481 e. The summed E-state index contributed by atoms with van der Waals surface area (Å²) in [6.45, 7) is 3.89. The Balaban J connectivity index is 2.58. The normalized spacial score (nSPS) is 12.8. The van der Waals surface area contributed by atoms with Crippen LogP contribution >= 0.6 is 11.8 Å². The molecule has 7 heteroatoms. The van der Waals surface area contributed by atoms with Crippen molar-refractivity contribution in [3.05, 3.63) is 23.8 Å². The second kappa shape index (κ2) is 6.43. The average Bonchev–Trinajstić information content (AvgIpc) is 2.80. The Labute approximate surface area is 125 Å². The molecule has 0 amide bonds. The molecule has 0 saturated heterocycles. The smallest absolute Gasteiger partial charge is 0.313 e. The Morgan fingerprint density at radius 3 is 2.81 bits per heavy atom. The van der Waals surface area contributed by atoms with E-state index in [1.165, 1.54) is 6.07 Å². The summed E-state index contributed by atoms with van der Waals surface area (Å²) in [5.41, 5.74) is 0.439. The number of imidazole rings is 1. The summed E-state index contributed by atoms with van der Waals surface area (Å²) in [6, 6.07) is 2.35.